The molecule has 0 heterocycles. The van der Waals surface area contributed by atoms with E-state index in [1.807, 2.05) is 6.07 Å². The van der Waals surface area contributed by atoms with Gasteiger partial charge < -0.3 is 14.6 Å². The molecule has 0 unspecified atom stereocenters. The third-order valence-corrected chi connectivity index (χ3v) is 2.85. The van der Waals surface area contributed by atoms with Crippen molar-refractivity contribution >= 4 is 11.9 Å². The van der Waals surface area contributed by atoms with E-state index in [4.69, 9.17) is 11.2 Å². The van der Waals surface area contributed by atoms with Gasteiger partial charge in [0.1, 0.15) is 0 Å². The number of esters is 1. The van der Waals surface area contributed by atoms with Crippen molar-refractivity contribution in [3.63, 3.8) is 0 Å². The van der Waals surface area contributed by atoms with E-state index < -0.39 is 18.0 Å². The maximum atomic E-state index is 12.1. The molecule has 104 valence electrons. The summed E-state index contributed by atoms with van der Waals surface area (Å²) in [5, 5.41) is 11.0. The van der Waals surface area contributed by atoms with Crippen LogP contribution in [0.25, 0.3) is 0 Å². The van der Waals surface area contributed by atoms with E-state index in [9.17, 15) is 14.7 Å². The van der Waals surface area contributed by atoms with Gasteiger partial charge >= 0.3 is 5.97 Å². The Morgan fingerprint density at radius 1 is 1.00 bits per heavy atom. The molecular weight excluding hydrogens is 268 g/mol. The second-order valence-corrected chi connectivity index (χ2v) is 4.20. The van der Waals surface area contributed by atoms with Crippen molar-refractivity contribution in [3.8, 4) is 12.3 Å². The van der Waals surface area contributed by atoms with E-state index in [2.05, 4.69) is 5.92 Å². The molecule has 0 fully saturated rings. The number of carboxylic acid groups (broad SMARTS) is 1. The molecule has 0 aliphatic heterocycles. The van der Waals surface area contributed by atoms with Crippen LogP contribution >= 0.6 is 0 Å². The van der Waals surface area contributed by atoms with Crippen LogP contribution in [0.2, 0.25) is 0 Å². The zero-order valence-electron chi connectivity index (χ0n) is 11.0. The monoisotopic (exact) mass is 279 g/mol. The van der Waals surface area contributed by atoms with E-state index in [-0.39, 0.29) is 11.1 Å². The highest BCUT2D eigenvalue weighted by Gasteiger charge is 2.18. The lowest BCUT2D eigenvalue weighted by molar-refractivity contribution is -0.255. The summed E-state index contributed by atoms with van der Waals surface area (Å²) in [5.41, 5.74) is 0.319. The SMILES string of the molecule is C#C[C@H](OC(=O)c1ccccc1C(=O)[O-])c1ccccc1. The van der Waals surface area contributed by atoms with E-state index in [1.165, 1.54) is 24.3 Å². The Labute approximate surface area is 122 Å². The second-order valence-electron chi connectivity index (χ2n) is 4.20. The van der Waals surface area contributed by atoms with Crippen LogP contribution in [-0.4, -0.2) is 11.9 Å². The van der Waals surface area contributed by atoms with Gasteiger partial charge in [-0.3, -0.25) is 0 Å². The van der Waals surface area contributed by atoms with E-state index >= 15 is 0 Å². The predicted molar refractivity (Wildman–Crippen MR) is 74.2 cm³/mol. The van der Waals surface area contributed by atoms with Gasteiger partial charge in [0, 0.05) is 11.1 Å². The number of hydrogen-bond acceptors (Lipinski definition) is 4. The summed E-state index contributed by atoms with van der Waals surface area (Å²) in [6.07, 6.45) is 4.49. The molecule has 2 rings (SSSR count). The Kier molecular flexibility index (Phi) is 4.37. The topological polar surface area (TPSA) is 66.4 Å². The maximum Gasteiger partial charge on any atom is 0.340 e. The van der Waals surface area contributed by atoms with Crippen LogP contribution in [0.1, 0.15) is 32.4 Å². The third-order valence-electron chi connectivity index (χ3n) is 2.85. The van der Waals surface area contributed by atoms with Crippen LogP contribution in [0.15, 0.2) is 54.6 Å². The smallest absolute Gasteiger partial charge is 0.340 e. The van der Waals surface area contributed by atoms with Gasteiger partial charge in [0.15, 0.2) is 6.10 Å². The van der Waals surface area contributed by atoms with Gasteiger partial charge in [-0.25, -0.2) is 4.79 Å². The molecule has 21 heavy (non-hydrogen) atoms. The van der Waals surface area contributed by atoms with Gasteiger partial charge in [0.05, 0.1) is 11.5 Å². The molecule has 0 aliphatic carbocycles. The van der Waals surface area contributed by atoms with Crippen LogP contribution in [0.5, 0.6) is 0 Å². The Hall–Kier alpha value is -3.06. The van der Waals surface area contributed by atoms with Gasteiger partial charge in [0.2, 0.25) is 0 Å². The summed E-state index contributed by atoms with van der Waals surface area (Å²) in [5.74, 6) is 0.113. The molecule has 0 saturated heterocycles. The average Bonchev–Trinajstić information content (AvgIpc) is 2.53. The van der Waals surface area contributed by atoms with E-state index in [0.717, 1.165) is 0 Å². The van der Waals surface area contributed by atoms with Crippen molar-refractivity contribution in [2.45, 2.75) is 6.10 Å². The van der Waals surface area contributed by atoms with Crippen molar-refractivity contribution < 1.29 is 19.4 Å². The predicted octanol–water partition coefficient (Wildman–Crippen LogP) is 1.58. The zero-order chi connectivity index (χ0) is 15.2. The number of aromatic carboxylic acids is 1. The number of benzene rings is 2. The van der Waals surface area contributed by atoms with Crippen molar-refractivity contribution in [1.82, 2.24) is 0 Å². The lowest BCUT2D eigenvalue weighted by Gasteiger charge is -2.14. The van der Waals surface area contributed by atoms with Gasteiger partial charge in [0.25, 0.3) is 0 Å². The summed E-state index contributed by atoms with van der Waals surface area (Å²) in [6, 6.07) is 14.5. The van der Waals surface area contributed by atoms with Crippen molar-refractivity contribution in [3.05, 3.63) is 71.3 Å². The normalized spacial score (nSPS) is 11.2. The number of ether oxygens (including phenoxy) is 1. The molecule has 0 N–H and O–H groups in total. The molecule has 0 aromatic heterocycles. The van der Waals surface area contributed by atoms with Crippen molar-refractivity contribution in [2.24, 2.45) is 0 Å². The molecule has 2 aromatic carbocycles. The van der Waals surface area contributed by atoms with Gasteiger partial charge in [-0.2, -0.15) is 0 Å². The molecule has 0 bridgehead atoms. The Bertz CT molecular complexity index is 698. The van der Waals surface area contributed by atoms with Gasteiger partial charge in [-0.15, -0.1) is 6.42 Å². The fourth-order valence-electron chi connectivity index (χ4n) is 1.84. The number of carboxylic acids is 1. The molecule has 1 atom stereocenters. The first-order valence-corrected chi connectivity index (χ1v) is 6.16. The molecular formula is C17H11O4-. The lowest BCUT2D eigenvalue weighted by Crippen LogP contribution is -2.25. The molecule has 0 aliphatic rings. The van der Waals surface area contributed by atoms with Crippen LogP contribution in [0.3, 0.4) is 0 Å². The minimum Gasteiger partial charge on any atom is -0.545 e. The van der Waals surface area contributed by atoms with Gasteiger partial charge in [-0.1, -0.05) is 54.5 Å². The Balaban J connectivity index is 2.26. The fourth-order valence-corrected chi connectivity index (χ4v) is 1.84. The van der Waals surface area contributed by atoms with E-state index in [0.29, 0.717) is 5.56 Å². The van der Waals surface area contributed by atoms with Crippen molar-refractivity contribution in [2.75, 3.05) is 0 Å². The molecule has 4 nitrogen and oxygen atoms in total. The number of terminal acetylenes is 1. The summed E-state index contributed by atoms with van der Waals surface area (Å²) < 4.78 is 5.20. The maximum absolute atomic E-state index is 12.1. The summed E-state index contributed by atoms with van der Waals surface area (Å²) in [7, 11) is 0. The summed E-state index contributed by atoms with van der Waals surface area (Å²) in [4.78, 5) is 23.1. The highest BCUT2D eigenvalue weighted by Crippen LogP contribution is 2.19. The lowest BCUT2D eigenvalue weighted by atomic mass is 10.1. The number of rotatable bonds is 4. The zero-order valence-corrected chi connectivity index (χ0v) is 11.0. The standard InChI is InChI=1S/C17H12O4/c1-2-15(12-8-4-3-5-9-12)21-17(20)14-11-7-6-10-13(14)16(18)19/h1,3-11,15H,(H,18,19)/p-1/t15-/m0/s1. The molecule has 0 spiro atoms. The largest absolute Gasteiger partial charge is 0.545 e. The highest BCUT2D eigenvalue weighted by molar-refractivity contribution is 6.01. The minimum atomic E-state index is -1.44. The summed E-state index contributed by atoms with van der Waals surface area (Å²) in [6.45, 7) is 0. The number of carbonyl (C=O) groups is 2. The number of hydrogen-bond donors (Lipinski definition) is 0. The molecule has 0 saturated carbocycles. The van der Waals surface area contributed by atoms with Crippen LogP contribution in [0, 0.1) is 12.3 Å². The first-order chi connectivity index (χ1) is 10.1. The second kappa shape index (κ2) is 6.40. The Morgan fingerprint density at radius 2 is 1.57 bits per heavy atom. The van der Waals surface area contributed by atoms with Gasteiger partial charge in [-0.05, 0) is 6.07 Å². The van der Waals surface area contributed by atoms with E-state index in [1.54, 1.807) is 24.3 Å². The van der Waals surface area contributed by atoms with Crippen LogP contribution in [0.4, 0.5) is 0 Å². The summed E-state index contributed by atoms with van der Waals surface area (Å²) >= 11 is 0. The third kappa shape index (κ3) is 3.28. The quantitative estimate of drug-likeness (QED) is 0.629. The fraction of sp³-hybridized carbons (Fsp3) is 0.0588. The van der Waals surface area contributed by atoms with Crippen LogP contribution in [-0.2, 0) is 4.74 Å². The molecule has 2 aromatic rings. The first-order valence-electron chi connectivity index (χ1n) is 6.16. The van der Waals surface area contributed by atoms with Crippen LogP contribution < -0.4 is 5.11 Å². The molecule has 4 heteroatoms. The van der Waals surface area contributed by atoms with Crippen molar-refractivity contribution in [1.29, 1.82) is 0 Å². The number of carbonyl (C=O) groups excluding carboxylic acids is 2. The molecule has 0 amide bonds. The Morgan fingerprint density at radius 3 is 2.14 bits per heavy atom. The minimum absolute atomic E-state index is 0.0892. The average molecular weight is 279 g/mol. The first kappa shape index (κ1) is 14.4. The highest BCUT2D eigenvalue weighted by atomic mass is 16.5. The molecule has 0 radical (unpaired) electrons.